The van der Waals surface area contributed by atoms with Crippen LogP contribution in [0.3, 0.4) is 0 Å². The Morgan fingerprint density at radius 1 is 1.50 bits per heavy atom. The van der Waals surface area contributed by atoms with Gasteiger partial charge in [-0.05, 0) is 36.6 Å². The minimum Gasteiger partial charge on any atom is -0.341 e. The topological polar surface area (TPSA) is 46.3 Å². The molecule has 0 spiro atoms. The standard InChI is InChI=1S/C14H21ClN2O/c1-11(9-16)6-7-14(18)17(2)10-12-4-3-5-13(15)8-12/h3-5,8,11H,6-7,9-10,16H2,1-2H3. The van der Waals surface area contributed by atoms with Crippen molar-refractivity contribution in [2.75, 3.05) is 13.6 Å². The number of nitrogens with two attached hydrogens (primary N) is 1. The van der Waals surface area contributed by atoms with Crippen LogP contribution >= 0.6 is 11.6 Å². The highest BCUT2D eigenvalue weighted by Gasteiger charge is 2.11. The molecular formula is C14H21ClN2O. The lowest BCUT2D eigenvalue weighted by Gasteiger charge is -2.18. The van der Waals surface area contributed by atoms with Gasteiger partial charge in [-0.2, -0.15) is 0 Å². The van der Waals surface area contributed by atoms with Crippen molar-refractivity contribution in [3.8, 4) is 0 Å². The summed E-state index contributed by atoms with van der Waals surface area (Å²) in [5.41, 5.74) is 6.58. The molecule has 0 aliphatic heterocycles. The maximum absolute atomic E-state index is 11.9. The predicted molar refractivity (Wildman–Crippen MR) is 75.4 cm³/mol. The van der Waals surface area contributed by atoms with Gasteiger partial charge in [0.05, 0.1) is 0 Å². The van der Waals surface area contributed by atoms with Crippen LogP contribution in [0.4, 0.5) is 0 Å². The van der Waals surface area contributed by atoms with Crippen molar-refractivity contribution in [2.24, 2.45) is 11.7 Å². The first-order valence-electron chi connectivity index (χ1n) is 6.21. The molecule has 0 saturated carbocycles. The van der Waals surface area contributed by atoms with Crippen LogP contribution in [0, 0.1) is 5.92 Å². The molecule has 0 heterocycles. The highest BCUT2D eigenvalue weighted by molar-refractivity contribution is 6.30. The molecule has 1 unspecified atom stereocenters. The zero-order valence-corrected chi connectivity index (χ0v) is 11.8. The van der Waals surface area contributed by atoms with Crippen LogP contribution in [0.25, 0.3) is 0 Å². The largest absolute Gasteiger partial charge is 0.341 e. The Labute approximate surface area is 114 Å². The first-order valence-corrected chi connectivity index (χ1v) is 6.59. The summed E-state index contributed by atoms with van der Waals surface area (Å²) in [7, 11) is 1.82. The zero-order valence-electron chi connectivity index (χ0n) is 11.0. The van der Waals surface area contributed by atoms with Gasteiger partial charge in [-0.1, -0.05) is 30.7 Å². The smallest absolute Gasteiger partial charge is 0.222 e. The third-order valence-corrected chi connectivity index (χ3v) is 3.22. The molecule has 0 radical (unpaired) electrons. The maximum Gasteiger partial charge on any atom is 0.222 e. The van der Waals surface area contributed by atoms with E-state index in [-0.39, 0.29) is 5.91 Å². The first kappa shape index (κ1) is 15.0. The lowest BCUT2D eigenvalue weighted by atomic mass is 10.1. The van der Waals surface area contributed by atoms with Crippen LogP contribution in [-0.2, 0) is 11.3 Å². The van der Waals surface area contributed by atoms with Crippen molar-refractivity contribution in [1.82, 2.24) is 4.90 Å². The second kappa shape index (κ2) is 7.39. The minimum atomic E-state index is 0.148. The molecule has 1 amide bonds. The van der Waals surface area contributed by atoms with E-state index in [1.165, 1.54) is 0 Å². The number of hydrogen-bond acceptors (Lipinski definition) is 2. The van der Waals surface area contributed by atoms with E-state index in [4.69, 9.17) is 17.3 Å². The number of carbonyl (C=O) groups excluding carboxylic acids is 1. The van der Waals surface area contributed by atoms with E-state index in [2.05, 4.69) is 6.92 Å². The van der Waals surface area contributed by atoms with Crippen molar-refractivity contribution in [3.05, 3.63) is 34.9 Å². The molecule has 0 bridgehead atoms. The molecule has 100 valence electrons. The molecule has 0 saturated heterocycles. The molecule has 1 aromatic rings. The molecule has 1 atom stereocenters. The van der Waals surface area contributed by atoms with Gasteiger partial charge in [0.15, 0.2) is 0 Å². The lowest BCUT2D eigenvalue weighted by Crippen LogP contribution is -2.26. The van der Waals surface area contributed by atoms with Crippen LogP contribution in [0.2, 0.25) is 5.02 Å². The van der Waals surface area contributed by atoms with E-state index in [9.17, 15) is 4.79 Å². The van der Waals surface area contributed by atoms with Crippen LogP contribution in [0.5, 0.6) is 0 Å². The molecule has 0 aliphatic rings. The van der Waals surface area contributed by atoms with Crippen molar-refractivity contribution in [1.29, 1.82) is 0 Å². The minimum absolute atomic E-state index is 0.148. The Bertz CT molecular complexity index is 395. The van der Waals surface area contributed by atoms with Gasteiger partial charge in [0.1, 0.15) is 0 Å². The van der Waals surface area contributed by atoms with E-state index in [1.807, 2.05) is 31.3 Å². The molecule has 0 aromatic heterocycles. The fraction of sp³-hybridized carbons (Fsp3) is 0.500. The molecule has 1 aromatic carbocycles. The average molecular weight is 269 g/mol. The Kier molecular flexibility index (Phi) is 6.16. The van der Waals surface area contributed by atoms with Gasteiger partial charge in [0.25, 0.3) is 0 Å². The number of halogens is 1. The first-order chi connectivity index (χ1) is 8.52. The number of carbonyl (C=O) groups is 1. The Hall–Kier alpha value is -1.06. The predicted octanol–water partition coefficient (Wildman–Crippen LogP) is 2.67. The van der Waals surface area contributed by atoms with Crippen molar-refractivity contribution >= 4 is 17.5 Å². The molecule has 0 aliphatic carbocycles. The van der Waals surface area contributed by atoms with Gasteiger partial charge in [-0.15, -0.1) is 0 Å². The summed E-state index contributed by atoms with van der Waals surface area (Å²) in [5.74, 6) is 0.545. The fourth-order valence-corrected chi connectivity index (χ4v) is 1.89. The van der Waals surface area contributed by atoms with Gasteiger partial charge in [0.2, 0.25) is 5.91 Å². The molecular weight excluding hydrogens is 248 g/mol. The second-order valence-electron chi connectivity index (χ2n) is 4.76. The highest BCUT2D eigenvalue weighted by atomic mass is 35.5. The van der Waals surface area contributed by atoms with Crippen LogP contribution in [0.15, 0.2) is 24.3 Å². The molecule has 1 rings (SSSR count). The Morgan fingerprint density at radius 2 is 2.22 bits per heavy atom. The number of rotatable bonds is 6. The van der Waals surface area contributed by atoms with Crippen molar-refractivity contribution in [2.45, 2.75) is 26.3 Å². The molecule has 0 fully saturated rings. The maximum atomic E-state index is 11.9. The lowest BCUT2D eigenvalue weighted by molar-refractivity contribution is -0.130. The fourth-order valence-electron chi connectivity index (χ4n) is 1.68. The van der Waals surface area contributed by atoms with Crippen molar-refractivity contribution in [3.63, 3.8) is 0 Å². The summed E-state index contributed by atoms with van der Waals surface area (Å²) in [6.07, 6.45) is 1.39. The van der Waals surface area contributed by atoms with Gasteiger partial charge < -0.3 is 10.6 Å². The quantitative estimate of drug-likeness (QED) is 0.862. The van der Waals surface area contributed by atoms with Crippen LogP contribution in [0.1, 0.15) is 25.3 Å². The monoisotopic (exact) mass is 268 g/mol. The van der Waals surface area contributed by atoms with E-state index in [0.29, 0.717) is 30.5 Å². The summed E-state index contributed by atoms with van der Waals surface area (Å²) in [6, 6.07) is 7.58. The van der Waals surface area contributed by atoms with Crippen molar-refractivity contribution < 1.29 is 4.79 Å². The van der Waals surface area contributed by atoms with E-state index < -0.39 is 0 Å². The van der Waals surface area contributed by atoms with E-state index in [0.717, 1.165) is 12.0 Å². The molecule has 2 N–H and O–H groups in total. The molecule has 18 heavy (non-hydrogen) atoms. The average Bonchev–Trinajstić information content (AvgIpc) is 2.35. The normalized spacial score (nSPS) is 12.2. The van der Waals surface area contributed by atoms with Crippen LogP contribution in [-0.4, -0.2) is 24.4 Å². The summed E-state index contributed by atoms with van der Waals surface area (Å²) in [5, 5.41) is 0.699. The zero-order chi connectivity index (χ0) is 13.5. The summed E-state index contributed by atoms with van der Waals surface area (Å²) in [4.78, 5) is 13.6. The summed E-state index contributed by atoms with van der Waals surface area (Å²) < 4.78 is 0. The molecule has 3 nitrogen and oxygen atoms in total. The van der Waals surface area contributed by atoms with Gasteiger partial charge in [0, 0.05) is 25.0 Å². The molecule has 4 heteroatoms. The third-order valence-electron chi connectivity index (χ3n) is 2.99. The SMILES string of the molecule is CC(CN)CCC(=O)N(C)Cc1cccc(Cl)c1. The van der Waals surface area contributed by atoms with Gasteiger partial charge >= 0.3 is 0 Å². The summed E-state index contributed by atoms with van der Waals surface area (Å²) in [6.45, 7) is 3.28. The summed E-state index contributed by atoms with van der Waals surface area (Å²) >= 11 is 5.91. The van der Waals surface area contributed by atoms with E-state index in [1.54, 1.807) is 4.90 Å². The highest BCUT2D eigenvalue weighted by Crippen LogP contribution is 2.13. The third kappa shape index (κ3) is 5.07. The Morgan fingerprint density at radius 3 is 2.83 bits per heavy atom. The van der Waals surface area contributed by atoms with E-state index >= 15 is 0 Å². The van der Waals surface area contributed by atoms with Gasteiger partial charge in [-0.25, -0.2) is 0 Å². The van der Waals surface area contributed by atoms with Crippen LogP contribution < -0.4 is 5.73 Å². The second-order valence-corrected chi connectivity index (χ2v) is 5.20. The van der Waals surface area contributed by atoms with Gasteiger partial charge in [-0.3, -0.25) is 4.79 Å². The number of nitrogens with zero attached hydrogens (tertiary/aromatic N) is 1. The number of benzene rings is 1. The number of hydrogen-bond donors (Lipinski definition) is 1. The number of amides is 1. The Balaban J connectivity index is 2.45.